The van der Waals surface area contributed by atoms with Crippen molar-refractivity contribution in [2.24, 2.45) is 5.73 Å². The SMILES string of the molecule is NCc1ccc(S(=O)(=O)c2cccc(S(=O)(=O)N3CCC[C@H]3COc3ccc(F)cc3)c2)s1.[C-]#[N+]c1ccc(S(=O)(=O)c2cccc(S(=O)(=O)N3CCC[C@H]3CO)c2)s1.[C-]#[N+]c1ccc(S(=O)(=O)c2cccc(S(=O)(=O)N3CCC[C@H]3COc3ccc(F)cc3)c2)s1. The largest absolute Gasteiger partial charge is 0.492 e. The molecule has 3 N–H and O–H groups in total. The van der Waals surface area contributed by atoms with Gasteiger partial charge in [-0.3, -0.25) is 0 Å². The molecule has 3 saturated heterocycles. The van der Waals surface area contributed by atoms with Gasteiger partial charge in [-0.25, -0.2) is 69.0 Å². The Balaban J connectivity index is 0.000000164. The summed E-state index contributed by atoms with van der Waals surface area (Å²) in [5, 5.41) is 9.86. The Morgan fingerprint density at radius 3 is 1.11 bits per heavy atom. The third kappa shape index (κ3) is 15.5. The van der Waals surface area contributed by atoms with Gasteiger partial charge < -0.3 is 20.3 Å². The number of sulfone groups is 3. The van der Waals surface area contributed by atoms with Crippen LogP contribution in [0.15, 0.2) is 200 Å². The topological polar surface area (TPSA) is 288 Å². The fraction of sp³-hybridized carbons (Fsp3) is 0.267. The molecular formula is C60H58F2N6O15S9. The molecule has 92 heavy (non-hydrogen) atoms. The first-order chi connectivity index (χ1) is 43.7. The number of nitrogens with two attached hydrogens (primary N) is 1. The van der Waals surface area contributed by atoms with Crippen LogP contribution >= 0.6 is 34.0 Å². The van der Waals surface area contributed by atoms with E-state index in [1.165, 1.54) is 152 Å². The van der Waals surface area contributed by atoms with E-state index >= 15 is 0 Å². The zero-order valence-corrected chi connectivity index (χ0v) is 55.7. The molecule has 0 unspecified atom stereocenters. The normalized spacial score (nSPS) is 17.6. The number of ether oxygens (including phenoxy) is 2. The van der Waals surface area contributed by atoms with Gasteiger partial charge in [0, 0.05) is 37.1 Å². The Morgan fingerprint density at radius 1 is 0.457 bits per heavy atom. The Morgan fingerprint density at radius 2 is 0.783 bits per heavy atom. The zero-order valence-electron chi connectivity index (χ0n) is 48.3. The van der Waals surface area contributed by atoms with Crippen molar-refractivity contribution in [2.75, 3.05) is 39.5 Å². The van der Waals surface area contributed by atoms with Gasteiger partial charge in [-0.05, 0) is 178 Å². The molecule has 11 rings (SSSR count). The number of sulfonamides is 3. The van der Waals surface area contributed by atoms with E-state index in [1.54, 1.807) is 6.07 Å². The lowest BCUT2D eigenvalue weighted by Gasteiger charge is -2.24. The number of hydrogen-bond donors (Lipinski definition) is 2. The lowest BCUT2D eigenvalue weighted by atomic mass is 10.2. The first-order valence-corrected chi connectivity index (χ1v) is 39.2. The van der Waals surface area contributed by atoms with Gasteiger partial charge in [-0.15, -0.1) is 34.0 Å². The van der Waals surface area contributed by atoms with Crippen LogP contribution in [-0.2, 0) is 66.1 Å². The van der Waals surface area contributed by atoms with Crippen LogP contribution in [0.2, 0.25) is 0 Å². The highest BCUT2D eigenvalue weighted by Gasteiger charge is 2.39. The molecule has 486 valence electrons. The van der Waals surface area contributed by atoms with E-state index in [0.717, 1.165) is 51.0 Å². The first-order valence-electron chi connectivity index (χ1n) is 28.0. The number of hydrogen-bond acceptors (Lipinski definition) is 19. The summed E-state index contributed by atoms with van der Waals surface area (Å²) in [6.07, 6.45) is 3.72. The minimum absolute atomic E-state index is 0.00699. The maximum absolute atomic E-state index is 13.4. The smallest absolute Gasteiger partial charge is 0.243 e. The highest BCUT2D eigenvalue weighted by atomic mass is 32.3. The summed E-state index contributed by atoms with van der Waals surface area (Å²) in [6.45, 7) is 15.0. The maximum atomic E-state index is 13.4. The van der Waals surface area contributed by atoms with E-state index in [4.69, 9.17) is 28.4 Å². The van der Waals surface area contributed by atoms with Crippen molar-refractivity contribution in [3.63, 3.8) is 0 Å². The van der Waals surface area contributed by atoms with Gasteiger partial charge in [0.05, 0.1) is 61.2 Å². The molecule has 21 nitrogen and oxygen atoms in total. The van der Waals surface area contributed by atoms with Crippen LogP contribution in [0.1, 0.15) is 43.4 Å². The molecule has 5 aromatic carbocycles. The van der Waals surface area contributed by atoms with E-state index in [1.807, 2.05) is 0 Å². The molecular weight excluding hydrogens is 1370 g/mol. The van der Waals surface area contributed by atoms with E-state index in [9.17, 15) is 64.4 Å². The molecule has 0 amide bonds. The van der Waals surface area contributed by atoms with Gasteiger partial charge in [-0.1, -0.05) is 18.2 Å². The molecule has 0 bridgehead atoms. The molecule has 0 aliphatic carbocycles. The monoisotopic (exact) mass is 1430 g/mol. The van der Waals surface area contributed by atoms with Crippen molar-refractivity contribution < 1.29 is 73.9 Å². The molecule has 6 heterocycles. The molecule has 3 aliphatic rings. The average molecular weight is 1430 g/mol. The minimum atomic E-state index is -3.98. The van der Waals surface area contributed by atoms with Crippen LogP contribution in [0.4, 0.5) is 18.8 Å². The average Bonchev–Trinajstić information content (AvgIpc) is 1.60. The summed E-state index contributed by atoms with van der Waals surface area (Å²) in [4.78, 5) is 6.43. The zero-order chi connectivity index (χ0) is 66.2. The second-order valence-corrected chi connectivity index (χ2v) is 36.2. The molecule has 3 aromatic heterocycles. The number of aliphatic hydroxyl groups excluding tert-OH is 1. The fourth-order valence-corrected chi connectivity index (χ4v) is 23.3. The summed E-state index contributed by atoms with van der Waals surface area (Å²) < 4.78 is 198. The van der Waals surface area contributed by atoms with E-state index < -0.39 is 83.5 Å². The van der Waals surface area contributed by atoms with Crippen LogP contribution in [0.25, 0.3) is 9.69 Å². The number of nitrogens with zero attached hydrogens (tertiary/aromatic N) is 5. The Hall–Kier alpha value is -6.86. The highest BCUT2D eigenvalue weighted by molar-refractivity contribution is 7.94. The second kappa shape index (κ2) is 29.2. The first kappa shape index (κ1) is 69.5. The number of halogens is 2. The van der Waals surface area contributed by atoms with Crippen LogP contribution in [0.5, 0.6) is 11.5 Å². The standard InChI is InChI=1S/C22H19FN2O5S3.C22H23FN2O5S3.C16H16N2O5S3/c1-24-21-11-12-22(31-21)32(26,27)19-5-2-6-20(14-19)33(28,29)25-13-3-4-17(25)15-30-18-9-7-16(23)8-10-18;23-16-6-8-18(9-7-16)30-15-17-3-2-12-25(17)33(28,29)21-5-1-4-20(13-21)32(26,27)22-11-10-19(14-24)31-22;1-17-15-7-8-16(24-15)25(20,21)13-5-2-6-14(10-13)26(22,23)18-9-3-4-12(18)11-19/h2,5-12,14,17H,3-4,13,15H2;1,4-11,13,17H,2-3,12,14-15,24H2;2,5-8,10,12,19H,3-4,9,11H2/t2*17-;12-/m000/s1. The van der Waals surface area contributed by atoms with Crippen molar-refractivity contribution in [2.45, 2.75) is 105 Å². The molecule has 3 atom stereocenters. The lowest BCUT2D eigenvalue weighted by molar-refractivity contribution is 0.213. The fourth-order valence-electron chi connectivity index (χ4n) is 10.1. The summed E-state index contributed by atoms with van der Waals surface area (Å²) in [7, 11) is -23.6. The summed E-state index contributed by atoms with van der Waals surface area (Å²) in [6, 6.07) is 34.1. The van der Waals surface area contributed by atoms with E-state index in [0.29, 0.717) is 63.1 Å². The van der Waals surface area contributed by atoms with Crippen LogP contribution in [0, 0.1) is 24.8 Å². The lowest BCUT2D eigenvalue weighted by Crippen LogP contribution is -2.39. The molecule has 0 spiro atoms. The van der Waals surface area contributed by atoms with Crippen LogP contribution in [0.3, 0.4) is 0 Å². The van der Waals surface area contributed by atoms with Gasteiger partial charge >= 0.3 is 0 Å². The van der Waals surface area contributed by atoms with Crippen molar-refractivity contribution in [3.05, 3.63) is 197 Å². The molecule has 0 saturated carbocycles. The van der Waals surface area contributed by atoms with Crippen molar-refractivity contribution >= 4 is 104 Å². The van der Waals surface area contributed by atoms with Gasteiger partial charge in [0.1, 0.15) is 49.0 Å². The maximum Gasteiger partial charge on any atom is 0.243 e. The quantitative estimate of drug-likeness (QED) is 0.0671. The molecule has 3 aliphatic heterocycles. The summed E-state index contributed by atoms with van der Waals surface area (Å²) in [5.74, 6) is 0.101. The molecule has 0 radical (unpaired) electrons. The third-order valence-corrected chi connectivity index (χ3v) is 30.5. The Bertz CT molecular complexity index is 4770. The minimum Gasteiger partial charge on any atom is -0.492 e. The van der Waals surface area contributed by atoms with E-state index in [-0.39, 0.29) is 90.7 Å². The number of thiophene rings is 3. The van der Waals surface area contributed by atoms with Crippen LogP contribution in [-0.4, -0.2) is 126 Å². The van der Waals surface area contributed by atoms with Gasteiger partial charge in [0.15, 0.2) is 0 Å². The third-order valence-electron chi connectivity index (χ3n) is 14.8. The van der Waals surface area contributed by atoms with Gasteiger partial charge in [0.2, 0.25) is 69.6 Å². The Kier molecular flexibility index (Phi) is 22.0. The predicted molar refractivity (Wildman–Crippen MR) is 341 cm³/mol. The van der Waals surface area contributed by atoms with Crippen molar-refractivity contribution in [1.29, 1.82) is 0 Å². The number of aliphatic hydroxyl groups is 1. The van der Waals surface area contributed by atoms with E-state index in [2.05, 4.69) is 9.69 Å². The van der Waals surface area contributed by atoms with Gasteiger partial charge in [0.25, 0.3) is 0 Å². The Labute approximate surface area is 545 Å². The van der Waals surface area contributed by atoms with Gasteiger partial charge in [-0.2, -0.15) is 12.9 Å². The summed E-state index contributed by atoms with van der Waals surface area (Å²) in [5.41, 5.74) is 5.58. The van der Waals surface area contributed by atoms with Crippen molar-refractivity contribution in [1.82, 2.24) is 12.9 Å². The molecule has 3 fully saturated rings. The molecule has 8 aromatic rings. The summed E-state index contributed by atoms with van der Waals surface area (Å²) >= 11 is 2.75. The van der Waals surface area contributed by atoms with Crippen molar-refractivity contribution in [3.8, 4) is 11.5 Å². The predicted octanol–water partition coefficient (Wildman–Crippen LogP) is 10.2. The molecule has 32 heteroatoms. The second-order valence-electron chi connectivity index (χ2n) is 20.7. The number of benzene rings is 5. The highest BCUT2D eigenvalue weighted by Crippen LogP contribution is 2.38. The van der Waals surface area contributed by atoms with Crippen LogP contribution < -0.4 is 15.2 Å². The number of rotatable bonds is 20.